The summed E-state index contributed by atoms with van der Waals surface area (Å²) in [6.45, 7) is 5.46. The summed E-state index contributed by atoms with van der Waals surface area (Å²) in [7, 11) is 0. The minimum Gasteiger partial charge on any atom is -0.362 e. The third-order valence-electron chi connectivity index (χ3n) is 4.18. The second-order valence-corrected chi connectivity index (χ2v) is 7.04. The van der Waals surface area contributed by atoms with Crippen molar-refractivity contribution in [3.63, 3.8) is 0 Å². The van der Waals surface area contributed by atoms with Gasteiger partial charge in [-0.3, -0.25) is 4.79 Å². The molecule has 0 saturated heterocycles. The number of rotatable bonds is 3. The molecule has 1 amide bonds. The highest BCUT2D eigenvalue weighted by atomic mass is 79.9. The number of benzene rings is 2. The standard InChI is InChI=1S/C19H21BrN2O/c1-13-6-8-18-15(10-13)4-3-9-22(18)12-19(23)21-17-7-5-14(2)11-16(17)20/h5-8,10-11H,3-4,9,12H2,1-2H3,(H,21,23). The quantitative estimate of drug-likeness (QED) is 0.862. The van der Waals surface area contributed by atoms with E-state index in [1.807, 2.05) is 25.1 Å². The van der Waals surface area contributed by atoms with Gasteiger partial charge in [0.1, 0.15) is 0 Å². The molecule has 2 aromatic rings. The zero-order chi connectivity index (χ0) is 16.4. The fourth-order valence-corrected chi connectivity index (χ4v) is 3.65. The molecule has 1 N–H and O–H groups in total. The predicted octanol–water partition coefficient (Wildman–Crippen LogP) is 4.46. The lowest BCUT2D eigenvalue weighted by atomic mass is 9.99. The number of anilines is 2. The lowest BCUT2D eigenvalue weighted by molar-refractivity contribution is -0.115. The largest absolute Gasteiger partial charge is 0.362 e. The Labute approximate surface area is 145 Å². The molecule has 3 rings (SSSR count). The van der Waals surface area contributed by atoms with Crippen LogP contribution in [0.4, 0.5) is 11.4 Å². The molecule has 0 unspecified atom stereocenters. The van der Waals surface area contributed by atoms with Crippen molar-refractivity contribution in [2.24, 2.45) is 0 Å². The number of fused-ring (bicyclic) bond motifs is 1. The number of nitrogens with one attached hydrogen (secondary N) is 1. The highest BCUT2D eigenvalue weighted by Gasteiger charge is 2.19. The Morgan fingerprint density at radius 1 is 1.17 bits per heavy atom. The second-order valence-electron chi connectivity index (χ2n) is 6.19. The SMILES string of the molecule is Cc1ccc(NC(=O)CN2CCCc3cc(C)ccc32)c(Br)c1. The maximum absolute atomic E-state index is 12.4. The summed E-state index contributed by atoms with van der Waals surface area (Å²) in [6, 6.07) is 12.4. The monoisotopic (exact) mass is 372 g/mol. The first kappa shape index (κ1) is 16.1. The summed E-state index contributed by atoms with van der Waals surface area (Å²) in [6.07, 6.45) is 2.19. The average Bonchev–Trinajstić information content (AvgIpc) is 2.50. The maximum Gasteiger partial charge on any atom is 0.243 e. The molecule has 0 fully saturated rings. The van der Waals surface area contributed by atoms with Crippen LogP contribution in [0.3, 0.4) is 0 Å². The molecule has 0 radical (unpaired) electrons. The van der Waals surface area contributed by atoms with Gasteiger partial charge >= 0.3 is 0 Å². The summed E-state index contributed by atoms with van der Waals surface area (Å²) in [5.41, 5.74) is 5.80. The third-order valence-corrected chi connectivity index (χ3v) is 4.84. The van der Waals surface area contributed by atoms with Crippen molar-refractivity contribution in [3.05, 3.63) is 57.6 Å². The number of aryl methyl sites for hydroxylation is 3. The van der Waals surface area contributed by atoms with Crippen molar-refractivity contribution < 1.29 is 4.79 Å². The molecule has 1 aliphatic rings. The summed E-state index contributed by atoms with van der Waals surface area (Å²) in [5.74, 6) is 0.0166. The molecule has 0 bridgehead atoms. The van der Waals surface area contributed by atoms with Crippen LogP contribution in [0.15, 0.2) is 40.9 Å². The number of amides is 1. The van der Waals surface area contributed by atoms with Gasteiger partial charge in [0.2, 0.25) is 5.91 Å². The van der Waals surface area contributed by atoms with Crippen molar-refractivity contribution in [2.75, 3.05) is 23.3 Å². The van der Waals surface area contributed by atoms with E-state index in [0.29, 0.717) is 6.54 Å². The molecule has 1 aliphatic heterocycles. The van der Waals surface area contributed by atoms with Gasteiger partial charge < -0.3 is 10.2 Å². The van der Waals surface area contributed by atoms with Gasteiger partial charge in [-0.15, -0.1) is 0 Å². The fourth-order valence-electron chi connectivity index (χ4n) is 3.05. The molecule has 2 aromatic carbocycles. The Bertz CT molecular complexity index is 742. The molecule has 0 saturated carbocycles. The van der Waals surface area contributed by atoms with Crippen LogP contribution in [0, 0.1) is 13.8 Å². The van der Waals surface area contributed by atoms with Gasteiger partial charge in [0.05, 0.1) is 12.2 Å². The van der Waals surface area contributed by atoms with Gasteiger partial charge in [0, 0.05) is 16.7 Å². The molecular formula is C19H21BrN2O. The molecule has 0 spiro atoms. The Balaban J connectivity index is 1.72. The number of carbonyl (C=O) groups is 1. The highest BCUT2D eigenvalue weighted by molar-refractivity contribution is 9.10. The zero-order valence-corrected chi connectivity index (χ0v) is 15.1. The van der Waals surface area contributed by atoms with E-state index in [9.17, 15) is 4.79 Å². The minimum atomic E-state index is 0.0166. The molecule has 1 heterocycles. The van der Waals surface area contributed by atoms with Crippen LogP contribution < -0.4 is 10.2 Å². The summed E-state index contributed by atoms with van der Waals surface area (Å²) in [5, 5.41) is 3.00. The van der Waals surface area contributed by atoms with Crippen molar-refractivity contribution in [3.8, 4) is 0 Å². The first-order valence-corrected chi connectivity index (χ1v) is 8.73. The minimum absolute atomic E-state index is 0.0166. The maximum atomic E-state index is 12.4. The Morgan fingerprint density at radius 2 is 1.91 bits per heavy atom. The fraction of sp³-hybridized carbons (Fsp3) is 0.316. The molecular weight excluding hydrogens is 352 g/mol. The predicted molar refractivity (Wildman–Crippen MR) is 99.2 cm³/mol. The van der Waals surface area contributed by atoms with Crippen LogP contribution in [0.5, 0.6) is 0 Å². The summed E-state index contributed by atoms with van der Waals surface area (Å²) in [4.78, 5) is 14.6. The molecule has 0 aromatic heterocycles. The molecule has 0 atom stereocenters. The van der Waals surface area contributed by atoms with Gasteiger partial charge in [-0.1, -0.05) is 23.8 Å². The number of hydrogen-bond acceptors (Lipinski definition) is 2. The van der Waals surface area contributed by atoms with E-state index < -0.39 is 0 Å². The molecule has 3 nitrogen and oxygen atoms in total. The van der Waals surface area contributed by atoms with Crippen molar-refractivity contribution in [2.45, 2.75) is 26.7 Å². The summed E-state index contributed by atoms with van der Waals surface area (Å²) < 4.78 is 0.917. The zero-order valence-electron chi connectivity index (χ0n) is 13.5. The van der Waals surface area contributed by atoms with Gasteiger partial charge in [0.15, 0.2) is 0 Å². The van der Waals surface area contributed by atoms with E-state index >= 15 is 0 Å². The van der Waals surface area contributed by atoms with Crippen molar-refractivity contribution in [1.82, 2.24) is 0 Å². The Morgan fingerprint density at radius 3 is 2.70 bits per heavy atom. The van der Waals surface area contributed by atoms with Crippen LogP contribution >= 0.6 is 15.9 Å². The van der Waals surface area contributed by atoms with E-state index in [4.69, 9.17) is 0 Å². The average molecular weight is 373 g/mol. The normalized spacial score (nSPS) is 13.6. The van der Waals surface area contributed by atoms with Crippen molar-refractivity contribution in [1.29, 1.82) is 0 Å². The van der Waals surface area contributed by atoms with Crippen LogP contribution in [0.1, 0.15) is 23.1 Å². The van der Waals surface area contributed by atoms with Crippen molar-refractivity contribution >= 4 is 33.2 Å². The van der Waals surface area contributed by atoms with E-state index in [1.165, 1.54) is 16.8 Å². The van der Waals surface area contributed by atoms with Gasteiger partial charge in [-0.25, -0.2) is 0 Å². The summed E-state index contributed by atoms with van der Waals surface area (Å²) >= 11 is 3.51. The van der Waals surface area contributed by atoms with E-state index in [2.05, 4.69) is 51.3 Å². The number of carbonyl (C=O) groups excluding carboxylic acids is 1. The lowest BCUT2D eigenvalue weighted by Gasteiger charge is -2.31. The Kier molecular flexibility index (Phi) is 4.71. The molecule has 23 heavy (non-hydrogen) atoms. The van der Waals surface area contributed by atoms with Crippen LogP contribution in [-0.2, 0) is 11.2 Å². The lowest BCUT2D eigenvalue weighted by Crippen LogP contribution is -2.36. The van der Waals surface area contributed by atoms with Gasteiger partial charge in [-0.05, 0) is 71.9 Å². The van der Waals surface area contributed by atoms with E-state index in [0.717, 1.165) is 35.1 Å². The molecule has 120 valence electrons. The number of halogens is 1. The Hall–Kier alpha value is -1.81. The molecule has 4 heteroatoms. The van der Waals surface area contributed by atoms with E-state index in [-0.39, 0.29) is 5.91 Å². The van der Waals surface area contributed by atoms with Crippen LogP contribution in [0.25, 0.3) is 0 Å². The van der Waals surface area contributed by atoms with Gasteiger partial charge in [0.25, 0.3) is 0 Å². The first-order valence-electron chi connectivity index (χ1n) is 7.93. The highest BCUT2D eigenvalue weighted by Crippen LogP contribution is 2.28. The van der Waals surface area contributed by atoms with Crippen LogP contribution in [-0.4, -0.2) is 19.0 Å². The second kappa shape index (κ2) is 6.75. The number of nitrogens with zero attached hydrogens (tertiary/aromatic N) is 1. The van der Waals surface area contributed by atoms with E-state index in [1.54, 1.807) is 0 Å². The molecule has 0 aliphatic carbocycles. The first-order chi connectivity index (χ1) is 11.0. The van der Waals surface area contributed by atoms with Crippen LogP contribution in [0.2, 0.25) is 0 Å². The van der Waals surface area contributed by atoms with Gasteiger partial charge in [-0.2, -0.15) is 0 Å². The smallest absolute Gasteiger partial charge is 0.243 e. The number of hydrogen-bond donors (Lipinski definition) is 1. The third kappa shape index (κ3) is 3.75. The topological polar surface area (TPSA) is 32.3 Å².